The zero-order valence-electron chi connectivity index (χ0n) is 12.4. The molecule has 1 N–H and O–H groups in total. The quantitative estimate of drug-likeness (QED) is 0.890. The molecule has 0 heterocycles. The molecule has 1 aliphatic rings. The van der Waals surface area contributed by atoms with E-state index in [2.05, 4.69) is 18.7 Å². The van der Waals surface area contributed by atoms with Gasteiger partial charge in [0.15, 0.2) is 0 Å². The molecule has 2 rings (SSSR count). The Morgan fingerprint density at radius 1 is 1.20 bits per heavy atom. The molecule has 0 spiro atoms. The standard InChI is InChI=1S/C16H24FNO.ClH/c1-3-9-18(10-4-2)12-5-6-13-14(11-12)16(19)8-7-15(13)17;/h7-8,12,19H,3-6,9-11H2,1-2H3;1H/t12-;/m1./s1. The molecule has 0 aromatic heterocycles. The van der Waals surface area contributed by atoms with E-state index >= 15 is 0 Å². The van der Waals surface area contributed by atoms with Gasteiger partial charge < -0.3 is 10.0 Å². The van der Waals surface area contributed by atoms with Crippen LogP contribution in [0.5, 0.6) is 5.75 Å². The Labute approximate surface area is 127 Å². The van der Waals surface area contributed by atoms with Crippen LogP contribution in [0, 0.1) is 5.82 Å². The molecule has 0 saturated carbocycles. The van der Waals surface area contributed by atoms with Gasteiger partial charge in [-0.25, -0.2) is 4.39 Å². The Bertz CT molecular complexity index is 433. The van der Waals surface area contributed by atoms with Gasteiger partial charge in [-0.2, -0.15) is 0 Å². The molecule has 0 bridgehead atoms. The van der Waals surface area contributed by atoms with Gasteiger partial charge in [-0.15, -0.1) is 12.4 Å². The molecular formula is C16H25ClFNO. The third-order valence-corrected chi connectivity index (χ3v) is 4.05. The third kappa shape index (κ3) is 3.64. The van der Waals surface area contributed by atoms with Crippen molar-refractivity contribution in [3.63, 3.8) is 0 Å². The van der Waals surface area contributed by atoms with Gasteiger partial charge in [-0.3, -0.25) is 0 Å². The van der Waals surface area contributed by atoms with Crippen molar-refractivity contribution in [1.29, 1.82) is 0 Å². The average molecular weight is 302 g/mol. The van der Waals surface area contributed by atoms with Crippen LogP contribution in [0.15, 0.2) is 12.1 Å². The maximum absolute atomic E-state index is 13.8. The van der Waals surface area contributed by atoms with E-state index in [1.54, 1.807) is 0 Å². The number of benzene rings is 1. The van der Waals surface area contributed by atoms with Crippen LogP contribution >= 0.6 is 12.4 Å². The van der Waals surface area contributed by atoms with Gasteiger partial charge in [0.2, 0.25) is 0 Å². The smallest absolute Gasteiger partial charge is 0.126 e. The fourth-order valence-corrected chi connectivity index (χ4v) is 3.16. The van der Waals surface area contributed by atoms with E-state index in [9.17, 15) is 9.50 Å². The van der Waals surface area contributed by atoms with Crippen LogP contribution in [0.1, 0.15) is 44.2 Å². The predicted octanol–water partition coefficient (Wildman–Crippen LogP) is 3.93. The molecule has 1 aromatic rings. The number of aromatic hydroxyl groups is 1. The highest BCUT2D eigenvalue weighted by Crippen LogP contribution is 2.32. The number of hydrogen-bond acceptors (Lipinski definition) is 2. The summed E-state index contributed by atoms with van der Waals surface area (Å²) in [5, 5.41) is 9.95. The largest absolute Gasteiger partial charge is 0.508 e. The minimum Gasteiger partial charge on any atom is -0.508 e. The first-order valence-corrected chi connectivity index (χ1v) is 7.40. The molecular weight excluding hydrogens is 277 g/mol. The molecule has 0 radical (unpaired) electrons. The number of phenolic OH excluding ortho intramolecular Hbond substituents is 1. The van der Waals surface area contributed by atoms with E-state index in [1.807, 2.05) is 0 Å². The summed E-state index contributed by atoms with van der Waals surface area (Å²) in [6.07, 6.45) is 4.79. The molecule has 1 atom stereocenters. The summed E-state index contributed by atoms with van der Waals surface area (Å²) < 4.78 is 13.8. The van der Waals surface area contributed by atoms with Crippen molar-refractivity contribution in [2.24, 2.45) is 0 Å². The van der Waals surface area contributed by atoms with Gasteiger partial charge in [0.25, 0.3) is 0 Å². The summed E-state index contributed by atoms with van der Waals surface area (Å²) in [7, 11) is 0. The fourth-order valence-electron chi connectivity index (χ4n) is 3.16. The van der Waals surface area contributed by atoms with E-state index in [-0.39, 0.29) is 24.0 Å². The van der Waals surface area contributed by atoms with Gasteiger partial charge in [0, 0.05) is 11.6 Å². The van der Waals surface area contributed by atoms with E-state index < -0.39 is 0 Å². The summed E-state index contributed by atoms with van der Waals surface area (Å²) in [5.41, 5.74) is 1.55. The van der Waals surface area contributed by atoms with E-state index in [0.717, 1.165) is 56.3 Å². The van der Waals surface area contributed by atoms with E-state index in [0.29, 0.717) is 6.04 Å². The molecule has 4 heteroatoms. The number of phenols is 1. The first-order chi connectivity index (χ1) is 9.17. The van der Waals surface area contributed by atoms with E-state index in [1.165, 1.54) is 12.1 Å². The highest BCUT2D eigenvalue weighted by atomic mass is 35.5. The lowest BCUT2D eigenvalue weighted by atomic mass is 9.86. The zero-order chi connectivity index (χ0) is 13.8. The number of nitrogens with zero attached hydrogens (tertiary/aromatic N) is 1. The number of fused-ring (bicyclic) bond motifs is 1. The second-order valence-electron chi connectivity index (χ2n) is 5.46. The van der Waals surface area contributed by atoms with Crippen LogP contribution in [0.2, 0.25) is 0 Å². The number of halogens is 2. The number of rotatable bonds is 5. The predicted molar refractivity (Wildman–Crippen MR) is 83.3 cm³/mol. The normalized spacial score (nSPS) is 17.7. The lowest BCUT2D eigenvalue weighted by molar-refractivity contribution is 0.178. The molecule has 0 saturated heterocycles. The monoisotopic (exact) mass is 301 g/mol. The average Bonchev–Trinajstić information content (AvgIpc) is 2.42. The molecule has 0 unspecified atom stereocenters. The fraction of sp³-hybridized carbons (Fsp3) is 0.625. The Kier molecular flexibility index (Phi) is 6.77. The molecule has 20 heavy (non-hydrogen) atoms. The molecule has 0 aliphatic heterocycles. The molecule has 2 nitrogen and oxygen atoms in total. The van der Waals surface area contributed by atoms with E-state index in [4.69, 9.17) is 0 Å². The van der Waals surface area contributed by atoms with Crippen LogP contribution in [-0.2, 0) is 12.8 Å². The summed E-state index contributed by atoms with van der Waals surface area (Å²) in [5.74, 6) is 0.0952. The van der Waals surface area contributed by atoms with Crippen LogP contribution in [0.25, 0.3) is 0 Å². The van der Waals surface area contributed by atoms with Crippen molar-refractivity contribution in [2.45, 2.75) is 52.0 Å². The molecule has 0 amide bonds. The number of hydrogen-bond donors (Lipinski definition) is 1. The Balaban J connectivity index is 0.00000200. The van der Waals surface area contributed by atoms with Crippen molar-refractivity contribution in [3.05, 3.63) is 29.1 Å². The van der Waals surface area contributed by atoms with Crippen LogP contribution in [-0.4, -0.2) is 29.1 Å². The summed E-state index contributed by atoms with van der Waals surface area (Å²) in [6, 6.07) is 3.31. The third-order valence-electron chi connectivity index (χ3n) is 4.05. The molecule has 0 fully saturated rings. The summed E-state index contributed by atoms with van der Waals surface area (Å²) in [6.45, 7) is 6.56. The van der Waals surface area contributed by atoms with Crippen molar-refractivity contribution in [1.82, 2.24) is 4.90 Å². The zero-order valence-corrected chi connectivity index (χ0v) is 13.2. The molecule has 1 aliphatic carbocycles. The highest BCUT2D eigenvalue weighted by molar-refractivity contribution is 5.85. The van der Waals surface area contributed by atoms with Crippen LogP contribution < -0.4 is 0 Å². The van der Waals surface area contributed by atoms with Gasteiger partial charge in [0.05, 0.1) is 0 Å². The summed E-state index contributed by atoms with van der Waals surface area (Å²) >= 11 is 0. The maximum Gasteiger partial charge on any atom is 0.126 e. The SMILES string of the molecule is CCCN(CCC)[C@@H]1CCc2c(F)ccc(O)c2C1.Cl. The minimum atomic E-state index is -0.163. The van der Waals surface area contributed by atoms with Crippen molar-refractivity contribution in [2.75, 3.05) is 13.1 Å². The van der Waals surface area contributed by atoms with Crippen LogP contribution in [0.4, 0.5) is 4.39 Å². The Morgan fingerprint density at radius 2 is 1.85 bits per heavy atom. The Hall–Kier alpha value is -0.800. The van der Waals surface area contributed by atoms with Gasteiger partial charge in [0.1, 0.15) is 11.6 Å². The highest BCUT2D eigenvalue weighted by Gasteiger charge is 2.27. The van der Waals surface area contributed by atoms with Crippen molar-refractivity contribution < 1.29 is 9.50 Å². The van der Waals surface area contributed by atoms with Gasteiger partial charge in [-0.1, -0.05) is 13.8 Å². The lowest BCUT2D eigenvalue weighted by Gasteiger charge is -2.35. The topological polar surface area (TPSA) is 23.5 Å². The summed E-state index contributed by atoms with van der Waals surface area (Å²) in [4.78, 5) is 2.49. The second-order valence-corrected chi connectivity index (χ2v) is 5.46. The Morgan fingerprint density at radius 3 is 2.45 bits per heavy atom. The van der Waals surface area contributed by atoms with Crippen LogP contribution in [0.3, 0.4) is 0 Å². The maximum atomic E-state index is 13.8. The second kappa shape index (κ2) is 7.84. The van der Waals surface area contributed by atoms with Crippen molar-refractivity contribution >= 4 is 12.4 Å². The molecule has 1 aromatic carbocycles. The lowest BCUT2D eigenvalue weighted by Crippen LogP contribution is -2.40. The minimum absolute atomic E-state index is 0. The van der Waals surface area contributed by atoms with Crippen molar-refractivity contribution in [3.8, 4) is 5.75 Å². The first kappa shape index (κ1) is 17.3. The van der Waals surface area contributed by atoms with Gasteiger partial charge in [-0.05, 0) is 62.9 Å². The first-order valence-electron chi connectivity index (χ1n) is 7.40. The van der Waals surface area contributed by atoms with Gasteiger partial charge >= 0.3 is 0 Å². The molecule has 114 valence electrons.